The summed E-state index contributed by atoms with van der Waals surface area (Å²) in [6.07, 6.45) is 5.78. The number of aromatic nitrogens is 2. The molecule has 2 aromatic rings. The van der Waals surface area contributed by atoms with Crippen LogP contribution in [0.1, 0.15) is 42.5 Å². The third kappa shape index (κ3) is 3.55. The Labute approximate surface area is 154 Å². The predicted molar refractivity (Wildman–Crippen MR) is 97.9 cm³/mol. The summed E-state index contributed by atoms with van der Waals surface area (Å²) >= 11 is 0. The molecule has 1 aliphatic carbocycles. The van der Waals surface area contributed by atoms with Gasteiger partial charge in [-0.25, -0.2) is 0 Å². The minimum atomic E-state index is 0.253. The Morgan fingerprint density at radius 2 is 1.96 bits per heavy atom. The lowest BCUT2D eigenvalue weighted by molar-refractivity contribution is 0.0799. The molecule has 5 rings (SSSR count). The standard InChI is InChI=1S/C21H27N3O2/c1-2-4-15(5-3-1)8-10-24-11-9-18-17(13-24)14-25-19(18)12-20-22-23-21(26-20)16-6-7-16/h1-5,16-19H,6-14H2/t17-,18-,19-/m1/s1. The molecular formula is C21H27N3O2. The zero-order valence-electron chi connectivity index (χ0n) is 15.2. The van der Waals surface area contributed by atoms with Crippen molar-refractivity contribution >= 4 is 0 Å². The number of rotatable bonds is 6. The number of likely N-dealkylation sites (tertiary alicyclic amines) is 1. The minimum Gasteiger partial charge on any atom is -0.425 e. The first kappa shape index (κ1) is 16.5. The number of benzene rings is 1. The average molecular weight is 353 g/mol. The van der Waals surface area contributed by atoms with Crippen molar-refractivity contribution in [2.24, 2.45) is 11.8 Å². The van der Waals surface area contributed by atoms with Gasteiger partial charge in [-0.1, -0.05) is 30.3 Å². The lowest BCUT2D eigenvalue weighted by Gasteiger charge is -2.35. The van der Waals surface area contributed by atoms with Crippen LogP contribution in [0.5, 0.6) is 0 Å². The largest absolute Gasteiger partial charge is 0.425 e. The van der Waals surface area contributed by atoms with Gasteiger partial charge in [-0.15, -0.1) is 10.2 Å². The highest BCUT2D eigenvalue weighted by molar-refractivity contribution is 5.15. The fraction of sp³-hybridized carbons (Fsp3) is 0.619. The molecule has 3 heterocycles. The van der Waals surface area contributed by atoms with E-state index < -0.39 is 0 Å². The van der Waals surface area contributed by atoms with Crippen LogP contribution in [0.3, 0.4) is 0 Å². The van der Waals surface area contributed by atoms with Gasteiger partial charge < -0.3 is 14.1 Å². The molecule has 1 saturated carbocycles. The first-order valence-corrected chi connectivity index (χ1v) is 10.1. The molecule has 138 valence electrons. The monoisotopic (exact) mass is 353 g/mol. The van der Waals surface area contributed by atoms with Crippen LogP contribution in [0.15, 0.2) is 34.7 Å². The first-order valence-electron chi connectivity index (χ1n) is 10.1. The zero-order chi connectivity index (χ0) is 17.3. The van der Waals surface area contributed by atoms with Crippen molar-refractivity contribution in [1.82, 2.24) is 15.1 Å². The summed E-state index contributed by atoms with van der Waals surface area (Å²) in [4.78, 5) is 2.61. The van der Waals surface area contributed by atoms with Gasteiger partial charge in [-0.05, 0) is 43.7 Å². The summed E-state index contributed by atoms with van der Waals surface area (Å²) in [6.45, 7) is 4.35. The van der Waals surface area contributed by atoms with Crippen LogP contribution < -0.4 is 0 Å². The van der Waals surface area contributed by atoms with Crippen molar-refractivity contribution in [3.8, 4) is 0 Å². The van der Waals surface area contributed by atoms with Crippen molar-refractivity contribution in [2.45, 2.75) is 44.1 Å². The molecule has 0 unspecified atom stereocenters. The molecule has 0 amide bonds. The van der Waals surface area contributed by atoms with Gasteiger partial charge in [0.1, 0.15) is 0 Å². The highest BCUT2D eigenvalue weighted by atomic mass is 16.5. The van der Waals surface area contributed by atoms with E-state index in [2.05, 4.69) is 45.4 Å². The van der Waals surface area contributed by atoms with Crippen LogP contribution >= 0.6 is 0 Å². The van der Waals surface area contributed by atoms with E-state index in [1.807, 2.05) is 0 Å². The number of hydrogen-bond donors (Lipinski definition) is 0. The average Bonchev–Trinajstić information content (AvgIpc) is 3.31. The van der Waals surface area contributed by atoms with Crippen LogP contribution in [0, 0.1) is 11.8 Å². The van der Waals surface area contributed by atoms with E-state index in [9.17, 15) is 0 Å². The fourth-order valence-electron chi connectivity index (χ4n) is 4.52. The molecule has 3 fully saturated rings. The maximum Gasteiger partial charge on any atom is 0.219 e. The second-order valence-corrected chi connectivity index (χ2v) is 8.13. The molecule has 0 spiro atoms. The van der Waals surface area contributed by atoms with Crippen molar-refractivity contribution in [2.75, 3.05) is 26.2 Å². The molecule has 2 saturated heterocycles. The van der Waals surface area contributed by atoms with Crippen molar-refractivity contribution in [1.29, 1.82) is 0 Å². The number of piperidine rings is 1. The maximum absolute atomic E-state index is 6.15. The summed E-state index contributed by atoms with van der Waals surface area (Å²) in [5, 5.41) is 8.46. The highest BCUT2D eigenvalue weighted by Gasteiger charge is 2.41. The van der Waals surface area contributed by atoms with Crippen molar-refractivity contribution < 1.29 is 9.15 Å². The Kier molecular flexibility index (Phi) is 4.51. The topological polar surface area (TPSA) is 51.4 Å². The Morgan fingerprint density at radius 1 is 1.08 bits per heavy atom. The third-order valence-electron chi connectivity index (χ3n) is 6.22. The molecule has 2 aliphatic heterocycles. The highest BCUT2D eigenvalue weighted by Crippen LogP contribution is 2.40. The SMILES string of the molecule is c1ccc(CCN2CC[C@@H]3[C@@H](CO[C@@H]3Cc3nnc(C4CC4)o3)C2)cc1. The van der Waals surface area contributed by atoms with E-state index in [0.717, 1.165) is 44.3 Å². The molecular weight excluding hydrogens is 326 g/mol. The van der Waals surface area contributed by atoms with Crippen LogP contribution in [-0.2, 0) is 17.6 Å². The lowest BCUT2D eigenvalue weighted by atomic mass is 9.83. The lowest BCUT2D eigenvalue weighted by Crippen LogP contribution is -2.42. The number of hydrogen-bond acceptors (Lipinski definition) is 5. The number of fused-ring (bicyclic) bond motifs is 1. The first-order chi connectivity index (χ1) is 12.8. The summed E-state index contributed by atoms with van der Waals surface area (Å²) in [5.41, 5.74) is 1.43. The molecule has 0 N–H and O–H groups in total. The van der Waals surface area contributed by atoms with Crippen LogP contribution in [0.25, 0.3) is 0 Å². The molecule has 26 heavy (non-hydrogen) atoms. The Morgan fingerprint density at radius 3 is 2.81 bits per heavy atom. The summed E-state index contributed by atoms with van der Waals surface area (Å²) < 4.78 is 12.0. The van der Waals surface area contributed by atoms with E-state index in [1.165, 1.54) is 31.4 Å². The number of ether oxygens (including phenoxy) is 1. The molecule has 5 heteroatoms. The van der Waals surface area contributed by atoms with Crippen LogP contribution in [-0.4, -0.2) is 47.4 Å². The molecule has 0 bridgehead atoms. The van der Waals surface area contributed by atoms with Gasteiger partial charge in [0.15, 0.2) is 0 Å². The molecule has 0 radical (unpaired) electrons. The summed E-state index contributed by atoms with van der Waals surface area (Å²) in [7, 11) is 0. The predicted octanol–water partition coefficient (Wildman–Crippen LogP) is 3.07. The maximum atomic E-state index is 6.15. The van der Waals surface area contributed by atoms with Gasteiger partial charge in [-0.3, -0.25) is 0 Å². The third-order valence-corrected chi connectivity index (χ3v) is 6.22. The van der Waals surface area contributed by atoms with E-state index >= 15 is 0 Å². The van der Waals surface area contributed by atoms with Crippen molar-refractivity contribution in [3.63, 3.8) is 0 Å². The molecule has 1 aromatic heterocycles. The van der Waals surface area contributed by atoms with Gasteiger partial charge in [-0.2, -0.15) is 0 Å². The Balaban J connectivity index is 1.14. The van der Waals surface area contributed by atoms with Gasteiger partial charge in [0, 0.05) is 24.9 Å². The van der Waals surface area contributed by atoms with Gasteiger partial charge >= 0.3 is 0 Å². The van der Waals surface area contributed by atoms with Gasteiger partial charge in [0.05, 0.1) is 19.1 Å². The van der Waals surface area contributed by atoms with E-state index in [-0.39, 0.29) is 6.10 Å². The van der Waals surface area contributed by atoms with Crippen LogP contribution in [0.4, 0.5) is 0 Å². The Hall–Kier alpha value is -1.72. The summed E-state index contributed by atoms with van der Waals surface area (Å²) in [6, 6.07) is 10.8. The van der Waals surface area contributed by atoms with E-state index in [0.29, 0.717) is 17.8 Å². The minimum absolute atomic E-state index is 0.253. The van der Waals surface area contributed by atoms with Gasteiger partial charge in [0.2, 0.25) is 11.8 Å². The Bertz CT molecular complexity index is 728. The fourth-order valence-corrected chi connectivity index (χ4v) is 4.52. The van der Waals surface area contributed by atoms with Gasteiger partial charge in [0.25, 0.3) is 0 Å². The smallest absolute Gasteiger partial charge is 0.219 e. The van der Waals surface area contributed by atoms with Crippen LogP contribution in [0.2, 0.25) is 0 Å². The molecule has 1 aromatic carbocycles. The molecule has 5 nitrogen and oxygen atoms in total. The number of nitrogens with zero attached hydrogens (tertiary/aromatic N) is 3. The van der Waals surface area contributed by atoms with Crippen molar-refractivity contribution in [3.05, 3.63) is 47.7 Å². The second-order valence-electron chi connectivity index (χ2n) is 8.13. The molecule has 3 atom stereocenters. The second kappa shape index (κ2) is 7.12. The summed E-state index contributed by atoms with van der Waals surface area (Å²) in [5.74, 6) is 3.42. The van der Waals surface area contributed by atoms with E-state index in [1.54, 1.807) is 0 Å². The molecule has 3 aliphatic rings. The normalized spacial score (nSPS) is 29.0. The quantitative estimate of drug-likeness (QED) is 0.799. The van der Waals surface area contributed by atoms with E-state index in [4.69, 9.17) is 9.15 Å². The zero-order valence-corrected chi connectivity index (χ0v) is 15.2.